The monoisotopic (exact) mass is 436 g/mol. The van der Waals surface area contributed by atoms with Gasteiger partial charge in [0.1, 0.15) is 5.75 Å². The second-order valence-corrected chi connectivity index (χ2v) is 7.29. The predicted octanol–water partition coefficient (Wildman–Crippen LogP) is 5.34. The van der Waals surface area contributed by atoms with Crippen molar-refractivity contribution in [3.63, 3.8) is 0 Å². The van der Waals surface area contributed by atoms with E-state index in [1.54, 1.807) is 0 Å². The van der Waals surface area contributed by atoms with Crippen molar-refractivity contribution in [2.24, 2.45) is 5.10 Å². The van der Waals surface area contributed by atoms with E-state index in [4.69, 9.17) is 4.74 Å². The molecule has 0 spiro atoms. The highest BCUT2D eigenvalue weighted by atomic mass is 79.9. The van der Waals surface area contributed by atoms with Crippen molar-refractivity contribution < 1.29 is 9.53 Å². The second kappa shape index (κ2) is 9.33. The van der Waals surface area contributed by atoms with Gasteiger partial charge in [-0.3, -0.25) is 4.79 Å². The second-order valence-electron chi connectivity index (χ2n) is 6.37. The lowest BCUT2D eigenvalue weighted by Gasteiger charge is -2.09. The number of aryl methyl sites for hydroxylation is 1. The summed E-state index contributed by atoms with van der Waals surface area (Å²) in [5.74, 6) is 0.373. The van der Waals surface area contributed by atoms with Crippen molar-refractivity contribution in [1.29, 1.82) is 0 Å². The van der Waals surface area contributed by atoms with Crippen LogP contribution in [0.3, 0.4) is 0 Å². The van der Waals surface area contributed by atoms with Gasteiger partial charge >= 0.3 is 0 Å². The van der Waals surface area contributed by atoms with Crippen LogP contribution in [0, 0.1) is 6.92 Å². The van der Waals surface area contributed by atoms with Crippen molar-refractivity contribution >= 4 is 27.5 Å². The Morgan fingerprint density at radius 2 is 1.68 bits per heavy atom. The van der Waals surface area contributed by atoms with Crippen LogP contribution in [0.5, 0.6) is 5.75 Å². The Morgan fingerprint density at radius 3 is 2.36 bits per heavy atom. The molecular formula is C23H21BrN2O2. The summed E-state index contributed by atoms with van der Waals surface area (Å²) in [4.78, 5) is 12.0. The molecule has 0 aliphatic heterocycles. The van der Waals surface area contributed by atoms with E-state index >= 15 is 0 Å². The summed E-state index contributed by atoms with van der Waals surface area (Å²) in [6, 6.07) is 23.9. The lowest BCUT2D eigenvalue weighted by Crippen LogP contribution is -2.25. The van der Waals surface area contributed by atoms with E-state index in [9.17, 15) is 4.79 Å². The summed E-state index contributed by atoms with van der Waals surface area (Å²) < 4.78 is 6.53. The van der Waals surface area contributed by atoms with Crippen LogP contribution in [-0.2, 0) is 4.79 Å². The molecule has 0 aliphatic rings. The molecule has 0 saturated heterocycles. The Hall–Kier alpha value is -2.92. The largest absolute Gasteiger partial charge is 0.483 e. The molecule has 1 N–H and O–H groups in total. The topological polar surface area (TPSA) is 50.7 Å². The number of nitrogens with zero attached hydrogens (tertiary/aromatic N) is 1. The van der Waals surface area contributed by atoms with Gasteiger partial charge in [0.2, 0.25) is 0 Å². The minimum atomic E-state index is -0.303. The summed E-state index contributed by atoms with van der Waals surface area (Å²) in [6.07, 6.45) is 0. The highest BCUT2D eigenvalue weighted by Crippen LogP contribution is 2.22. The van der Waals surface area contributed by atoms with Crippen molar-refractivity contribution in [2.75, 3.05) is 6.61 Å². The van der Waals surface area contributed by atoms with Crippen LogP contribution in [0.2, 0.25) is 0 Å². The molecule has 1 amide bonds. The van der Waals surface area contributed by atoms with Gasteiger partial charge in [-0.25, -0.2) is 5.43 Å². The van der Waals surface area contributed by atoms with E-state index in [0.29, 0.717) is 5.75 Å². The first-order valence-electron chi connectivity index (χ1n) is 8.91. The van der Waals surface area contributed by atoms with Crippen molar-refractivity contribution in [3.05, 3.63) is 88.4 Å². The number of amides is 1. The van der Waals surface area contributed by atoms with E-state index in [1.807, 2.05) is 74.5 Å². The average Bonchev–Trinajstić information content (AvgIpc) is 2.72. The van der Waals surface area contributed by atoms with E-state index < -0.39 is 0 Å². The number of hydrogen-bond acceptors (Lipinski definition) is 3. The van der Waals surface area contributed by atoms with Crippen molar-refractivity contribution in [2.45, 2.75) is 13.8 Å². The minimum Gasteiger partial charge on any atom is -0.483 e. The number of benzene rings is 3. The average molecular weight is 437 g/mol. The Kier molecular flexibility index (Phi) is 6.61. The van der Waals surface area contributed by atoms with Crippen LogP contribution in [0.25, 0.3) is 11.1 Å². The highest BCUT2D eigenvalue weighted by Gasteiger charge is 2.06. The molecule has 0 radical (unpaired) electrons. The van der Waals surface area contributed by atoms with Gasteiger partial charge in [-0.15, -0.1) is 0 Å². The van der Waals surface area contributed by atoms with E-state index in [1.165, 1.54) is 0 Å². The summed E-state index contributed by atoms with van der Waals surface area (Å²) in [5, 5.41) is 4.18. The van der Waals surface area contributed by atoms with Crippen LogP contribution in [0.1, 0.15) is 18.1 Å². The molecule has 0 aliphatic carbocycles. The van der Waals surface area contributed by atoms with Crippen LogP contribution in [-0.4, -0.2) is 18.2 Å². The zero-order valence-electron chi connectivity index (χ0n) is 15.8. The molecule has 3 aromatic rings. The van der Waals surface area contributed by atoms with Gasteiger partial charge in [0.15, 0.2) is 6.61 Å². The highest BCUT2D eigenvalue weighted by molar-refractivity contribution is 9.10. The van der Waals surface area contributed by atoms with Gasteiger partial charge in [-0.1, -0.05) is 70.5 Å². The van der Waals surface area contributed by atoms with Crippen LogP contribution in [0.4, 0.5) is 0 Å². The van der Waals surface area contributed by atoms with Gasteiger partial charge in [-0.05, 0) is 54.3 Å². The molecule has 5 heteroatoms. The van der Waals surface area contributed by atoms with Crippen LogP contribution >= 0.6 is 15.9 Å². The Morgan fingerprint density at radius 1 is 1.00 bits per heavy atom. The lowest BCUT2D eigenvalue weighted by molar-refractivity contribution is -0.123. The summed E-state index contributed by atoms with van der Waals surface area (Å²) >= 11 is 3.40. The first kappa shape index (κ1) is 19.8. The Bertz CT molecular complexity index is 983. The number of rotatable bonds is 6. The molecule has 0 saturated carbocycles. The van der Waals surface area contributed by atoms with Gasteiger partial charge in [-0.2, -0.15) is 5.10 Å². The molecule has 0 atom stereocenters. The maximum absolute atomic E-state index is 12.0. The zero-order valence-corrected chi connectivity index (χ0v) is 17.4. The fourth-order valence-electron chi connectivity index (χ4n) is 2.70. The van der Waals surface area contributed by atoms with Crippen molar-refractivity contribution in [1.82, 2.24) is 5.43 Å². The third-order valence-corrected chi connectivity index (χ3v) is 4.75. The number of carbonyl (C=O) groups excluding carboxylic acids is 1. The fourth-order valence-corrected chi connectivity index (χ4v) is 3.17. The molecule has 4 nitrogen and oxygen atoms in total. The first-order valence-corrected chi connectivity index (χ1v) is 9.70. The van der Waals surface area contributed by atoms with E-state index in [2.05, 4.69) is 38.6 Å². The smallest absolute Gasteiger partial charge is 0.277 e. The molecule has 3 aromatic carbocycles. The molecular weight excluding hydrogens is 416 g/mol. The molecule has 0 heterocycles. The number of hydrazone groups is 1. The molecule has 0 bridgehead atoms. The number of ether oxygens (including phenoxy) is 1. The lowest BCUT2D eigenvalue weighted by atomic mass is 10.0. The quantitative estimate of drug-likeness (QED) is 0.418. The molecule has 0 fully saturated rings. The number of carbonyl (C=O) groups is 1. The van der Waals surface area contributed by atoms with Gasteiger partial charge in [0.25, 0.3) is 5.91 Å². The zero-order chi connectivity index (χ0) is 19.9. The third-order valence-electron chi connectivity index (χ3n) is 4.25. The Labute approximate surface area is 173 Å². The molecule has 0 aromatic heterocycles. The van der Waals surface area contributed by atoms with E-state index in [-0.39, 0.29) is 12.5 Å². The molecule has 28 heavy (non-hydrogen) atoms. The summed E-state index contributed by atoms with van der Waals surface area (Å²) in [7, 11) is 0. The van der Waals surface area contributed by atoms with Crippen LogP contribution in [0.15, 0.2) is 82.4 Å². The van der Waals surface area contributed by atoms with E-state index in [0.717, 1.165) is 32.4 Å². The van der Waals surface area contributed by atoms with Gasteiger partial charge in [0.05, 0.1) is 5.71 Å². The fraction of sp³-hybridized carbons (Fsp3) is 0.130. The molecule has 3 rings (SSSR count). The molecule has 142 valence electrons. The predicted molar refractivity (Wildman–Crippen MR) is 117 cm³/mol. The van der Waals surface area contributed by atoms with Crippen LogP contribution < -0.4 is 10.2 Å². The SMILES string of the molecule is CC(=NNC(=O)COc1ccc(Br)cc1C)c1ccc(-c2ccccc2)cc1. The first-order chi connectivity index (χ1) is 13.5. The summed E-state index contributed by atoms with van der Waals surface area (Å²) in [6.45, 7) is 3.70. The number of nitrogens with one attached hydrogen (secondary N) is 1. The minimum absolute atomic E-state index is 0.0911. The maximum atomic E-state index is 12.0. The number of halogens is 1. The molecule has 0 unspecified atom stereocenters. The maximum Gasteiger partial charge on any atom is 0.277 e. The third kappa shape index (κ3) is 5.30. The van der Waals surface area contributed by atoms with Gasteiger partial charge < -0.3 is 4.74 Å². The van der Waals surface area contributed by atoms with Gasteiger partial charge in [0, 0.05) is 4.47 Å². The number of hydrogen-bond donors (Lipinski definition) is 1. The summed E-state index contributed by atoms with van der Waals surface area (Å²) in [5.41, 5.74) is 7.48. The standard InChI is InChI=1S/C23H21BrN2O2/c1-16-14-21(24)12-13-22(16)28-15-23(27)26-25-17(2)18-8-10-20(11-9-18)19-6-4-3-5-7-19/h3-14H,15H2,1-2H3,(H,26,27). The Balaban J connectivity index is 1.56. The normalized spacial score (nSPS) is 11.2. The van der Waals surface area contributed by atoms with Crippen molar-refractivity contribution in [3.8, 4) is 16.9 Å².